The van der Waals surface area contributed by atoms with Crippen LogP contribution in [-0.2, 0) is 27.7 Å². The SMILES string of the molecule is CS(=O)(=O)CC[C@@H]1CO[C@H]2Cn3cc(C(=O)NCc4ccc(F)cc4F)c(=O)c(O)c3C(=O)N12. The highest BCUT2D eigenvalue weighted by atomic mass is 32.2. The zero-order chi connectivity index (χ0) is 24.8. The molecule has 2 N–H and O–H groups in total. The predicted molar refractivity (Wildman–Crippen MR) is 114 cm³/mol. The van der Waals surface area contributed by atoms with E-state index >= 15 is 0 Å². The second-order valence-electron chi connectivity index (χ2n) is 8.21. The standard InChI is InChI=1S/C21H21F2N3O7S/c1-34(31,32)5-4-13-10-33-16-9-25-8-14(18(27)19(28)17(25)21(30)26(13)16)20(29)24-7-11-2-3-12(22)6-15(11)23/h2-3,6,8,13,16,28H,4-5,7,9-10H2,1H3,(H,24,29)/t13-,16+/m1/s1. The average Bonchev–Trinajstić information content (AvgIpc) is 3.16. The van der Waals surface area contributed by atoms with Gasteiger partial charge in [-0.3, -0.25) is 14.4 Å². The number of sulfone groups is 1. The van der Waals surface area contributed by atoms with E-state index in [4.69, 9.17) is 4.74 Å². The molecule has 0 aliphatic carbocycles. The second kappa shape index (κ2) is 8.80. The van der Waals surface area contributed by atoms with E-state index in [1.54, 1.807) is 0 Å². The van der Waals surface area contributed by atoms with Gasteiger partial charge >= 0.3 is 0 Å². The summed E-state index contributed by atoms with van der Waals surface area (Å²) < 4.78 is 56.7. The molecule has 4 rings (SSSR count). The van der Waals surface area contributed by atoms with E-state index in [9.17, 15) is 36.7 Å². The molecule has 2 atom stereocenters. The zero-order valence-corrected chi connectivity index (χ0v) is 18.8. The lowest BCUT2D eigenvalue weighted by molar-refractivity contribution is 0.00565. The number of halogens is 2. The number of amides is 2. The van der Waals surface area contributed by atoms with Crippen molar-refractivity contribution in [3.63, 3.8) is 0 Å². The first-order chi connectivity index (χ1) is 16.0. The fourth-order valence-electron chi connectivity index (χ4n) is 4.03. The van der Waals surface area contributed by atoms with Crippen molar-refractivity contribution < 1.29 is 36.6 Å². The number of carbonyl (C=O) groups is 2. The van der Waals surface area contributed by atoms with Gasteiger partial charge in [0, 0.05) is 30.6 Å². The maximum atomic E-state index is 13.8. The number of aromatic nitrogens is 1. The minimum Gasteiger partial charge on any atom is -0.503 e. The van der Waals surface area contributed by atoms with E-state index in [0.29, 0.717) is 6.07 Å². The van der Waals surface area contributed by atoms with Crippen LogP contribution in [0.5, 0.6) is 5.75 Å². The minimum absolute atomic E-state index is 0.00282. The molecule has 1 aromatic carbocycles. The first-order valence-corrected chi connectivity index (χ1v) is 12.3. The summed E-state index contributed by atoms with van der Waals surface area (Å²) in [5.74, 6) is -4.39. The maximum absolute atomic E-state index is 13.8. The van der Waals surface area contributed by atoms with E-state index in [1.165, 1.54) is 9.47 Å². The van der Waals surface area contributed by atoms with Crippen LogP contribution in [-0.4, -0.2) is 65.7 Å². The van der Waals surface area contributed by atoms with Crippen molar-refractivity contribution >= 4 is 21.7 Å². The number of nitrogens with zero attached hydrogens (tertiary/aromatic N) is 2. The van der Waals surface area contributed by atoms with Crippen LogP contribution in [0.4, 0.5) is 8.78 Å². The lowest BCUT2D eigenvalue weighted by atomic mass is 10.1. The third-order valence-electron chi connectivity index (χ3n) is 5.75. The molecule has 0 bridgehead atoms. The molecule has 2 aliphatic heterocycles. The van der Waals surface area contributed by atoms with Gasteiger partial charge in [0.25, 0.3) is 11.8 Å². The van der Waals surface area contributed by atoms with Gasteiger partial charge in [0.2, 0.25) is 5.43 Å². The fraction of sp³-hybridized carbons (Fsp3) is 0.381. The van der Waals surface area contributed by atoms with Crippen molar-refractivity contribution in [2.45, 2.75) is 31.8 Å². The molecule has 34 heavy (non-hydrogen) atoms. The first-order valence-electron chi connectivity index (χ1n) is 10.3. The molecule has 2 aromatic rings. The average molecular weight is 497 g/mol. The Morgan fingerprint density at radius 3 is 2.71 bits per heavy atom. The molecule has 1 fully saturated rings. The summed E-state index contributed by atoms with van der Waals surface area (Å²) in [4.78, 5) is 39.6. The summed E-state index contributed by atoms with van der Waals surface area (Å²) in [5, 5.41) is 12.8. The minimum atomic E-state index is -3.27. The number of hydrogen-bond acceptors (Lipinski definition) is 7. The molecule has 1 aromatic heterocycles. The molecule has 182 valence electrons. The number of benzene rings is 1. The van der Waals surface area contributed by atoms with Crippen LogP contribution in [0, 0.1) is 11.6 Å². The normalized spacial score (nSPS) is 19.6. The quantitative estimate of drug-likeness (QED) is 0.589. The largest absolute Gasteiger partial charge is 0.503 e. The van der Waals surface area contributed by atoms with Crippen LogP contribution >= 0.6 is 0 Å². The van der Waals surface area contributed by atoms with Crippen LogP contribution in [0.2, 0.25) is 0 Å². The Morgan fingerprint density at radius 1 is 1.29 bits per heavy atom. The van der Waals surface area contributed by atoms with Crippen molar-refractivity contribution in [1.82, 2.24) is 14.8 Å². The van der Waals surface area contributed by atoms with Gasteiger partial charge < -0.3 is 24.6 Å². The van der Waals surface area contributed by atoms with Gasteiger partial charge in [-0.05, 0) is 12.5 Å². The molecule has 1 saturated heterocycles. The summed E-state index contributed by atoms with van der Waals surface area (Å²) in [6, 6.07) is 2.27. The number of ether oxygens (including phenoxy) is 1. The zero-order valence-electron chi connectivity index (χ0n) is 18.0. The second-order valence-corrected chi connectivity index (χ2v) is 10.5. The van der Waals surface area contributed by atoms with Crippen LogP contribution in [0.3, 0.4) is 0 Å². The molecule has 10 nitrogen and oxygen atoms in total. The summed E-state index contributed by atoms with van der Waals surface area (Å²) in [6.45, 7) is -0.257. The molecular formula is C21H21F2N3O7S. The van der Waals surface area contributed by atoms with Gasteiger partial charge in [-0.1, -0.05) is 6.07 Å². The predicted octanol–water partition coefficient (Wildman–Crippen LogP) is 0.378. The molecule has 0 spiro atoms. The molecule has 13 heteroatoms. The Balaban J connectivity index is 1.57. The van der Waals surface area contributed by atoms with Crippen molar-refractivity contribution in [3.8, 4) is 5.75 Å². The number of hydrogen-bond donors (Lipinski definition) is 2. The van der Waals surface area contributed by atoms with Crippen molar-refractivity contribution in [3.05, 3.63) is 63.1 Å². The third-order valence-corrected chi connectivity index (χ3v) is 6.73. The van der Waals surface area contributed by atoms with Crippen LogP contribution in [0.15, 0.2) is 29.2 Å². The van der Waals surface area contributed by atoms with Crippen molar-refractivity contribution in [1.29, 1.82) is 0 Å². The molecule has 0 saturated carbocycles. The maximum Gasteiger partial charge on any atom is 0.276 e. The van der Waals surface area contributed by atoms with Gasteiger partial charge in [-0.25, -0.2) is 17.2 Å². The topological polar surface area (TPSA) is 135 Å². The summed E-state index contributed by atoms with van der Waals surface area (Å²) in [5.41, 5.74) is -1.92. The monoisotopic (exact) mass is 497 g/mol. The van der Waals surface area contributed by atoms with Gasteiger partial charge in [0.05, 0.1) is 24.9 Å². The highest BCUT2D eigenvalue weighted by Gasteiger charge is 2.44. The van der Waals surface area contributed by atoms with Gasteiger partial charge in [-0.2, -0.15) is 0 Å². The van der Waals surface area contributed by atoms with Gasteiger partial charge in [0.15, 0.2) is 17.7 Å². The Labute approximate surface area is 192 Å². The molecule has 0 unspecified atom stereocenters. The number of pyridine rings is 1. The summed E-state index contributed by atoms with van der Waals surface area (Å²) in [6.07, 6.45) is 1.55. The Bertz CT molecular complexity index is 1340. The molecule has 0 radical (unpaired) electrons. The summed E-state index contributed by atoms with van der Waals surface area (Å²) >= 11 is 0. The first kappa shape index (κ1) is 23.8. The van der Waals surface area contributed by atoms with E-state index in [-0.39, 0.29) is 43.1 Å². The molecule has 2 aliphatic rings. The number of carbonyl (C=O) groups excluding carboxylic acids is 2. The van der Waals surface area contributed by atoms with E-state index in [2.05, 4.69) is 5.32 Å². The highest BCUT2D eigenvalue weighted by molar-refractivity contribution is 7.90. The highest BCUT2D eigenvalue weighted by Crippen LogP contribution is 2.31. The number of rotatable bonds is 6. The molecule has 2 amide bonds. The van der Waals surface area contributed by atoms with Gasteiger partial charge in [-0.15, -0.1) is 0 Å². The van der Waals surface area contributed by atoms with E-state index in [1.807, 2.05) is 0 Å². The lowest BCUT2D eigenvalue weighted by Crippen LogP contribution is -2.50. The summed E-state index contributed by atoms with van der Waals surface area (Å²) in [7, 11) is -3.27. The van der Waals surface area contributed by atoms with Crippen molar-refractivity contribution in [2.24, 2.45) is 0 Å². The fourth-order valence-corrected chi connectivity index (χ4v) is 4.73. The van der Waals surface area contributed by atoms with Crippen LogP contribution in [0.25, 0.3) is 0 Å². The van der Waals surface area contributed by atoms with Crippen LogP contribution < -0.4 is 10.7 Å². The van der Waals surface area contributed by atoms with Crippen LogP contribution in [0.1, 0.15) is 32.8 Å². The van der Waals surface area contributed by atoms with Crippen molar-refractivity contribution in [2.75, 3.05) is 18.6 Å². The Hall–Kier alpha value is -3.32. The Morgan fingerprint density at radius 2 is 2.03 bits per heavy atom. The van der Waals surface area contributed by atoms with E-state index in [0.717, 1.165) is 24.6 Å². The van der Waals surface area contributed by atoms with Gasteiger partial charge in [0.1, 0.15) is 27.0 Å². The Kier molecular flexibility index (Phi) is 6.16. The third kappa shape index (κ3) is 4.53. The van der Waals surface area contributed by atoms with E-state index < -0.39 is 62.3 Å². The number of fused-ring (bicyclic) bond motifs is 2. The molecule has 3 heterocycles. The number of nitrogens with one attached hydrogen (secondary N) is 1. The number of aromatic hydroxyl groups is 1. The smallest absolute Gasteiger partial charge is 0.276 e. The molecular weight excluding hydrogens is 476 g/mol. The lowest BCUT2D eigenvalue weighted by Gasteiger charge is -2.34.